The molecule has 0 radical (unpaired) electrons. The Kier molecular flexibility index (Phi) is 3.64. The van der Waals surface area contributed by atoms with Crippen molar-refractivity contribution in [1.29, 1.82) is 0 Å². The maximum Gasteiger partial charge on any atom is 0.341 e. The number of ether oxygens (including phenoxy) is 1. The van der Waals surface area contributed by atoms with Crippen LogP contribution in [0.5, 0.6) is 5.75 Å². The minimum atomic E-state index is -1.06. The monoisotopic (exact) mass is 258 g/mol. The highest BCUT2D eigenvalue weighted by Crippen LogP contribution is 2.20. The largest absolute Gasteiger partial charge is 0.482 e. The molecule has 0 amide bonds. The van der Waals surface area contributed by atoms with E-state index in [1.165, 1.54) is 6.07 Å². The van der Waals surface area contributed by atoms with Gasteiger partial charge in [0.15, 0.2) is 12.9 Å². The molecule has 1 rings (SSSR count). The third-order valence-electron chi connectivity index (χ3n) is 1.46. The molecule has 0 fully saturated rings. The summed E-state index contributed by atoms with van der Waals surface area (Å²) in [6.45, 7) is -0.417. The molecule has 0 aromatic heterocycles. The number of carboxylic acids is 1. The molecule has 74 valence electrons. The van der Waals surface area contributed by atoms with E-state index in [0.29, 0.717) is 22.1 Å². The Morgan fingerprint density at radius 1 is 1.57 bits per heavy atom. The zero-order valence-corrected chi connectivity index (χ0v) is 8.65. The van der Waals surface area contributed by atoms with E-state index in [4.69, 9.17) is 9.84 Å². The fourth-order valence-corrected chi connectivity index (χ4v) is 1.19. The van der Waals surface area contributed by atoms with Crippen LogP contribution in [0.4, 0.5) is 0 Å². The Morgan fingerprint density at radius 2 is 2.29 bits per heavy atom. The topological polar surface area (TPSA) is 63.6 Å². The van der Waals surface area contributed by atoms with Gasteiger partial charge >= 0.3 is 5.97 Å². The van der Waals surface area contributed by atoms with Crippen LogP contribution in [0.3, 0.4) is 0 Å². The molecule has 0 bridgehead atoms. The van der Waals surface area contributed by atoms with Crippen molar-refractivity contribution in [1.82, 2.24) is 0 Å². The van der Waals surface area contributed by atoms with E-state index in [-0.39, 0.29) is 0 Å². The number of aliphatic carboxylic acids is 1. The molecule has 0 heterocycles. The molecule has 1 aromatic carbocycles. The van der Waals surface area contributed by atoms with Gasteiger partial charge in [-0.05, 0) is 18.2 Å². The van der Waals surface area contributed by atoms with E-state index in [9.17, 15) is 9.59 Å². The van der Waals surface area contributed by atoms with Crippen LogP contribution in [0.2, 0.25) is 0 Å². The van der Waals surface area contributed by atoms with E-state index in [1.54, 1.807) is 12.1 Å². The Morgan fingerprint density at radius 3 is 2.86 bits per heavy atom. The maximum atomic E-state index is 10.5. The minimum absolute atomic E-state index is 0.359. The lowest BCUT2D eigenvalue weighted by molar-refractivity contribution is -0.139. The second-order valence-electron chi connectivity index (χ2n) is 2.48. The molecule has 0 saturated heterocycles. The van der Waals surface area contributed by atoms with Crippen LogP contribution in [0, 0.1) is 0 Å². The molecule has 0 atom stereocenters. The van der Waals surface area contributed by atoms with E-state index in [0.717, 1.165) is 0 Å². The second kappa shape index (κ2) is 4.76. The lowest BCUT2D eigenvalue weighted by Crippen LogP contribution is -2.09. The molecular weight excluding hydrogens is 252 g/mol. The van der Waals surface area contributed by atoms with Crippen LogP contribution in [-0.2, 0) is 4.79 Å². The summed E-state index contributed by atoms with van der Waals surface area (Å²) in [4.78, 5) is 20.7. The van der Waals surface area contributed by atoms with Crippen molar-refractivity contribution in [3.05, 3.63) is 28.2 Å². The lowest BCUT2D eigenvalue weighted by atomic mass is 10.2. The summed E-state index contributed by atoms with van der Waals surface area (Å²) in [5.41, 5.74) is 0.424. The molecule has 0 saturated carbocycles. The molecule has 1 N–H and O–H groups in total. The SMILES string of the molecule is O=Cc1cc(OCC(=O)O)ccc1Br. The Bertz CT molecular complexity index is 362. The Balaban J connectivity index is 2.79. The van der Waals surface area contributed by atoms with Gasteiger partial charge in [0.1, 0.15) is 5.75 Å². The Hall–Kier alpha value is -1.36. The number of carbonyl (C=O) groups is 2. The van der Waals surface area contributed by atoms with Gasteiger partial charge in [-0.15, -0.1) is 0 Å². The van der Waals surface area contributed by atoms with E-state index in [1.807, 2.05) is 0 Å². The van der Waals surface area contributed by atoms with Crippen molar-refractivity contribution in [2.45, 2.75) is 0 Å². The molecule has 0 aliphatic heterocycles. The quantitative estimate of drug-likeness (QED) is 0.836. The summed E-state index contributed by atoms with van der Waals surface area (Å²) in [6, 6.07) is 4.68. The molecule has 0 aliphatic carbocycles. The first-order valence-electron chi connectivity index (χ1n) is 3.73. The third-order valence-corrected chi connectivity index (χ3v) is 2.18. The average molecular weight is 259 g/mol. The van der Waals surface area contributed by atoms with Gasteiger partial charge in [0, 0.05) is 10.0 Å². The molecule has 0 unspecified atom stereocenters. The van der Waals surface area contributed by atoms with Crippen LogP contribution >= 0.6 is 15.9 Å². The van der Waals surface area contributed by atoms with Crippen LogP contribution in [0.25, 0.3) is 0 Å². The molecule has 1 aromatic rings. The fraction of sp³-hybridized carbons (Fsp3) is 0.111. The van der Waals surface area contributed by atoms with E-state index >= 15 is 0 Å². The summed E-state index contributed by atoms with van der Waals surface area (Å²) in [7, 11) is 0. The highest BCUT2D eigenvalue weighted by Gasteiger charge is 2.03. The maximum absolute atomic E-state index is 10.5. The Labute approximate surface area is 88.6 Å². The fourth-order valence-electron chi connectivity index (χ4n) is 0.847. The number of aldehydes is 1. The number of carbonyl (C=O) groups excluding carboxylic acids is 1. The van der Waals surface area contributed by atoms with Crippen molar-refractivity contribution in [3.8, 4) is 5.75 Å². The predicted molar refractivity (Wildman–Crippen MR) is 52.7 cm³/mol. The molecule has 5 heteroatoms. The van der Waals surface area contributed by atoms with Crippen LogP contribution in [0.1, 0.15) is 10.4 Å². The predicted octanol–water partition coefficient (Wildman–Crippen LogP) is 1.73. The average Bonchev–Trinajstić information content (AvgIpc) is 2.16. The third kappa shape index (κ3) is 2.85. The molecule has 0 aliphatic rings. The van der Waals surface area contributed by atoms with Crippen molar-refractivity contribution < 1.29 is 19.4 Å². The second-order valence-corrected chi connectivity index (χ2v) is 3.34. The summed E-state index contributed by atoms with van der Waals surface area (Å²) in [5, 5.41) is 8.35. The van der Waals surface area contributed by atoms with Gasteiger partial charge in [-0.2, -0.15) is 0 Å². The van der Waals surface area contributed by atoms with Crippen molar-refractivity contribution in [2.75, 3.05) is 6.61 Å². The van der Waals surface area contributed by atoms with Gasteiger partial charge < -0.3 is 9.84 Å². The normalized spacial score (nSPS) is 9.50. The first-order chi connectivity index (χ1) is 6.63. The van der Waals surface area contributed by atoms with Crippen molar-refractivity contribution in [2.24, 2.45) is 0 Å². The first kappa shape index (κ1) is 10.7. The van der Waals surface area contributed by atoms with E-state index in [2.05, 4.69) is 15.9 Å². The van der Waals surface area contributed by atoms with Crippen LogP contribution in [-0.4, -0.2) is 24.0 Å². The number of benzene rings is 1. The van der Waals surface area contributed by atoms with Crippen LogP contribution < -0.4 is 4.74 Å². The highest BCUT2D eigenvalue weighted by molar-refractivity contribution is 9.10. The van der Waals surface area contributed by atoms with Gasteiger partial charge in [-0.25, -0.2) is 4.79 Å². The summed E-state index contributed by atoms with van der Waals surface area (Å²) >= 11 is 3.17. The first-order valence-corrected chi connectivity index (χ1v) is 4.52. The van der Waals surface area contributed by atoms with Gasteiger partial charge in [-0.3, -0.25) is 4.79 Å². The number of halogens is 1. The number of carboxylic acid groups (broad SMARTS) is 1. The summed E-state index contributed by atoms with van der Waals surface area (Å²) in [6.07, 6.45) is 0.664. The van der Waals surface area contributed by atoms with Gasteiger partial charge in [0.2, 0.25) is 0 Å². The zero-order valence-electron chi connectivity index (χ0n) is 7.07. The van der Waals surface area contributed by atoms with Crippen molar-refractivity contribution in [3.63, 3.8) is 0 Å². The molecule has 0 spiro atoms. The molecule has 4 nitrogen and oxygen atoms in total. The summed E-state index contributed by atoms with van der Waals surface area (Å²) < 4.78 is 5.53. The minimum Gasteiger partial charge on any atom is -0.482 e. The van der Waals surface area contributed by atoms with Gasteiger partial charge in [0.25, 0.3) is 0 Å². The van der Waals surface area contributed by atoms with Crippen molar-refractivity contribution >= 4 is 28.2 Å². The smallest absolute Gasteiger partial charge is 0.341 e. The zero-order chi connectivity index (χ0) is 10.6. The van der Waals surface area contributed by atoms with Gasteiger partial charge in [-0.1, -0.05) is 15.9 Å². The molecular formula is C9H7BrO4. The number of hydrogen-bond donors (Lipinski definition) is 1. The highest BCUT2D eigenvalue weighted by atomic mass is 79.9. The van der Waals surface area contributed by atoms with Crippen LogP contribution in [0.15, 0.2) is 22.7 Å². The summed E-state index contributed by atoms with van der Waals surface area (Å²) in [5.74, 6) is -0.696. The van der Waals surface area contributed by atoms with E-state index < -0.39 is 12.6 Å². The number of hydrogen-bond acceptors (Lipinski definition) is 3. The standard InChI is InChI=1S/C9H7BrO4/c10-8-2-1-7(3-6(8)4-11)14-5-9(12)13/h1-4H,5H2,(H,12,13). The lowest BCUT2D eigenvalue weighted by Gasteiger charge is -2.04. The molecule has 14 heavy (non-hydrogen) atoms. The van der Waals surface area contributed by atoms with Gasteiger partial charge in [0.05, 0.1) is 0 Å². The number of rotatable bonds is 4.